The Morgan fingerprint density at radius 2 is 2.03 bits per heavy atom. The molecule has 0 bridgehead atoms. The third-order valence-corrected chi connectivity index (χ3v) is 4.71. The van der Waals surface area contributed by atoms with Gasteiger partial charge in [0.05, 0.1) is 18.8 Å². The molecule has 1 atom stereocenters. The summed E-state index contributed by atoms with van der Waals surface area (Å²) in [5, 5.41) is 2.41. The largest absolute Gasteiger partial charge is 0.447 e. The summed E-state index contributed by atoms with van der Waals surface area (Å²) in [5.74, 6) is -0.562. The summed E-state index contributed by atoms with van der Waals surface area (Å²) < 4.78 is 24.6. The third kappa shape index (κ3) is 3.44. The van der Waals surface area contributed by atoms with E-state index in [2.05, 4.69) is 10.3 Å². The van der Waals surface area contributed by atoms with Crippen LogP contribution in [0.25, 0.3) is 11.1 Å². The van der Waals surface area contributed by atoms with Crippen molar-refractivity contribution in [2.24, 2.45) is 0 Å². The van der Waals surface area contributed by atoms with Gasteiger partial charge in [0.1, 0.15) is 18.2 Å². The molecule has 1 aromatic heterocycles. The molecule has 0 unspecified atom stereocenters. The van der Waals surface area contributed by atoms with E-state index in [1.807, 2.05) is 0 Å². The number of amides is 3. The summed E-state index contributed by atoms with van der Waals surface area (Å²) in [7, 11) is 1.44. The van der Waals surface area contributed by atoms with Crippen LogP contribution in [-0.2, 0) is 14.3 Å². The number of benzene rings is 1. The molecule has 3 heterocycles. The summed E-state index contributed by atoms with van der Waals surface area (Å²) in [5.41, 5.74) is 1.08. The maximum Gasteiger partial charge on any atom is 0.415 e. The highest BCUT2D eigenvalue weighted by molar-refractivity contribution is 5.95. The van der Waals surface area contributed by atoms with Crippen LogP contribution in [0.1, 0.15) is 0 Å². The molecule has 3 amide bonds. The molecule has 2 saturated heterocycles. The number of ether oxygens (including phenoxy) is 2. The summed E-state index contributed by atoms with van der Waals surface area (Å²) in [6.07, 6.45) is -0.656. The highest BCUT2D eigenvalue weighted by Gasteiger charge is 2.36. The number of halogens is 1. The second-order valence-electron chi connectivity index (χ2n) is 6.43. The van der Waals surface area contributed by atoms with Gasteiger partial charge >= 0.3 is 12.2 Å². The number of pyridine rings is 1. The Kier molecular flexibility index (Phi) is 4.75. The molecule has 0 radical (unpaired) electrons. The molecule has 2 aliphatic rings. The predicted octanol–water partition coefficient (Wildman–Crippen LogP) is 1.92. The van der Waals surface area contributed by atoms with Crippen molar-refractivity contribution >= 4 is 29.6 Å². The number of nitrogens with zero attached hydrogens (tertiary/aromatic N) is 3. The molecule has 0 saturated carbocycles. The molecule has 10 heteroatoms. The van der Waals surface area contributed by atoms with Crippen molar-refractivity contribution < 1.29 is 28.2 Å². The summed E-state index contributed by atoms with van der Waals surface area (Å²) in [6.45, 7) is 0.717. The lowest BCUT2D eigenvalue weighted by molar-refractivity contribution is -0.127. The van der Waals surface area contributed by atoms with Crippen LogP contribution in [0.2, 0.25) is 0 Å². The van der Waals surface area contributed by atoms with E-state index in [-0.39, 0.29) is 17.8 Å². The number of anilines is 2. The molecule has 2 aromatic rings. The fraction of sp³-hybridized carbons (Fsp3) is 0.263. The lowest BCUT2D eigenvalue weighted by Gasteiger charge is -2.15. The minimum atomic E-state index is -0.941. The zero-order chi connectivity index (χ0) is 20.5. The van der Waals surface area contributed by atoms with Crippen molar-refractivity contribution in [3.63, 3.8) is 0 Å². The van der Waals surface area contributed by atoms with Crippen molar-refractivity contribution in [1.82, 2.24) is 10.3 Å². The van der Waals surface area contributed by atoms with Gasteiger partial charge < -0.3 is 14.8 Å². The first-order valence-electron chi connectivity index (χ1n) is 8.88. The lowest BCUT2D eigenvalue weighted by Crippen LogP contribution is -2.35. The smallest absolute Gasteiger partial charge is 0.415 e. The number of cyclic esters (lactones) is 2. The lowest BCUT2D eigenvalue weighted by atomic mass is 10.1. The highest BCUT2D eigenvalue weighted by Crippen LogP contribution is 2.30. The van der Waals surface area contributed by atoms with Crippen LogP contribution in [0, 0.1) is 5.82 Å². The standard InChI is InChI=1S/C19H17FN4O5/c1-21-17(25)15-10-24(19(27)29-15)12-3-4-13(14(20)8-12)11-2-5-16(22-9-11)23-6-7-28-18(23)26/h2-5,8-9,15H,6-7,10H2,1H3,(H,21,25)/t15-/m1/s1. The van der Waals surface area contributed by atoms with Crippen LogP contribution in [0.15, 0.2) is 36.5 Å². The third-order valence-electron chi connectivity index (χ3n) is 4.71. The van der Waals surface area contributed by atoms with Gasteiger partial charge in [-0.05, 0) is 30.3 Å². The Balaban J connectivity index is 1.54. The van der Waals surface area contributed by atoms with E-state index < -0.39 is 30.0 Å². The quantitative estimate of drug-likeness (QED) is 0.842. The van der Waals surface area contributed by atoms with Crippen LogP contribution in [0.5, 0.6) is 0 Å². The van der Waals surface area contributed by atoms with Crippen molar-refractivity contribution in [1.29, 1.82) is 0 Å². The van der Waals surface area contributed by atoms with E-state index in [4.69, 9.17) is 9.47 Å². The minimum absolute atomic E-state index is 0.000516. The van der Waals surface area contributed by atoms with Gasteiger partial charge in [0.15, 0.2) is 6.10 Å². The second-order valence-corrected chi connectivity index (χ2v) is 6.43. The van der Waals surface area contributed by atoms with Gasteiger partial charge in [-0.25, -0.2) is 19.0 Å². The van der Waals surface area contributed by atoms with E-state index in [0.717, 1.165) is 0 Å². The minimum Gasteiger partial charge on any atom is -0.447 e. The fourth-order valence-electron chi connectivity index (χ4n) is 3.18. The van der Waals surface area contributed by atoms with E-state index in [0.29, 0.717) is 24.5 Å². The number of hydrogen-bond donors (Lipinski definition) is 1. The topological polar surface area (TPSA) is 101 Å². The number of hydrogen-bond acceptors (Lipinski definition) is 6. The zero-order valence-corrected chi connectivity index (χ0v) is 15.4. The summed E-state index contributed by atoms with van der Waals surface area (Å²) in [6, 6.07) is 7.55. The van der Waals surface area contributed by atoms with Crippen LogP contribution < -0.4 is 15.1 Å². The van der Waals surface area contributed by atoms with Gasteiger partial charge in [-0.15, -0.1) is 0 Å². The average Bonchev–Trinajstić information content (AvgIpc) is 3.33. The molecule has 1 N–H and O–H groups in total. The van der Waals surface area contributed by atoms with E-state index >= 15 is 0 Å². The van der Waals surface area contributed by atoms with Crippen LogP contribution in [0.3, 0.4) is 0 Å². The van der Waals surface area contributed by atoms with Crippen LogP contribution in [-0.4, -0.2) is 55.9 Å². The van der Waals surface area contributed by atoms with Gasteiger partial charge in [-0.2, -0.15) is 0 Å². The van der Waals surface area contributed by atoms with Gasteiger partial charge in [-0.1, -0.05) is 0 Å². The number of carbonyl (C=O) groups excluding carboxylic acids is 3. The maximum atomic E-state index is 14.7. The first-order valence-corrected chi connectivity index (χ1v) is 8.88. The van der Waals surface area contributed by atoms with Gasteiger partial charge in [0, 0.05) is 24.4 Å². The molecule has 2 fully saturated rings. The molecule has 2 aliphatic heterocycles. The summed E-state index contributed by atoms with van der Waals surface area (Å²) in [4.78, 5) is 42.1. The van der Waals surface area contributed by atoms with Crippen molar-refractivity contribution in [3.8, 4) is 11.1 Å². The Morgan fingerprint density at radius 3 is 2.66 bits per heavy atom. The van der Waals surface area contributed by atoms with E-state index in [1.54, 1.807) is 18.2 Å². The number of likely N-dealkylation sites (N-methyl/N-ethyl adjacent to an activating group) is 1. The molecule has 29 heavy (non-hydrogen) atoms. The van der Waals surface area contributed by atoms with Gasteiger partial charge in [0.2, 0.25) is 0 Å². The molecule has 150 valence electrons. The fourth-order valence-corrected chi connectivity index (χ4v) is 3.18. The van der Waals surface area contributed by atoms with E-state index in [1.165, 1.54) is 35.2 Å². The van der Waals surface area contributed by atoms with Crippen LogP contribution >= 0.6 is 0 Å². The Morgan fingerprint density at radius 1 is 1.21 bits per heavy atom. The summed E-state index contributed by atoms with van der Waals surface area (Å²) >= 11 is 0. The second kappa shape index (κ2) is 7.38. The van der Waals surface area contributed by atoms with Crippen molar-refractivity contribution in [2.45, 2.75) is 6.10 Å². The number of aromatic nitrogens is 1. The number of nitrogens with one attached hydrogen (secondary N) is 1. The Bertz CT molecular complexity index is 981. The molecular formula is C19H17FN4O5. The van der Waals surface area contributed by atoms with E-state index in [9.17, 15) is 18.8 Å². The Labute approximate surface area is 165 Å². The first kappa shape index (κ1) is 18.7. The molecule has 0 aliphatic carbocycles. The normalized spacial score (nSPS) is 18.6. The number of rotatable bonds is 4. The van der Waals surface area contributed by atoms with Crippen molar-refractivity contribution in [3.05, 3.63) is 42.3 Å². The number of carbonyl (C=O) groups is 3. The predicted molar refractivity (Wildman–Crippen MR) is 100 cm³/mol. The highest BCUT2D eigenvalue weighted by atomic mass is 19.1. The monoisotopic (exact) mass is 400 g/mol. The molecule has 0 spiro atoms. The first-order chi connectivity index (χ1) is 14.0. The Hall–Kier alpha value is -3.69. The molecule has 4 rings (SSSR count). The van der Waals surface area contributed by atoms with Gasteiger partial charge in [0.25, 0.3) is 5.91 Å². The average molecular weight is 400 g/mol. The van der Waals surface area contributed by atoms with Crippen LogP contribution in [0.4, 0.5) is 25.5 Å². The van der Waals surface area contributed by atoms with Gasteiger partial charge in [-0.3, -0.25) is 14.6 Å². The maximum absolute atomic E-state index is 14.7. The van der Waals surface area contributed by atoms with Crippen molar-refractivity contribution in [2.75, 3.05) is 36.5 Å². The molecular weight excluding hydrogens is 383 g/mol. The molecule has 1 aromatic carbocycles. The SMILES string of the molecule is CNC(=O)[C@H]1CN(c2ccc(-c3ccc(N4CCOC4=O)nc3)c(F)c2)C(=O)O1. The molecule has 9 nitrogen and oxygen atoms in total. The zero-order valence-electron chi connectivity index (χ0n) is 15.4.